The molecule has 0 amide bonds. The van der Waals surface area contributed by atoms with E-state index < -0.39 is 0 Å². The van der Waals surface area contributed by atoms with Gasteiger partial charge in [0.2, 0.25) is 0 Å². The van der Waals surface area contributed by atoms with Gasteiger partial charge in [-0.3, -0.25) is 0 Å². The van der Waals surface area contributed by atoms with Gasteiger partial charge in [-0.05, 0) is 25.8 Å². The summed E-state index contributed by atoms with van der Waals surface area (Å²) in [6, 6.07) is 6.29. The van der Waals surface area contributed by atoms with E-state index in [-0.39, 0.29) is 6.04 Å². The zero-order chi connectivity index (χ0) is 13.7. The lowest BCUT2D eigenvalue weighted by Gasteiger charge is -2.23. The number of ether oxygens (including phenoxy) is 1. The summed E-state index contributed by atoms with van der Waals surface area (Å²) >= 11 is 0. The minimum atomic E-state index is 0.175. The van der Waals surface area contributed by atoms with Crippen molar-refractivity contribution in [3.05, 3.63) is 23.8 Å². The van der Waals surface area contributed by atoms with Crippen LogP contribution in [0, 0.1) is 0 Å². The Labute approximate surface area is 116 Å². The lowest BCUT2D eigenvalue weighted by molar-refractivity contribution is 0.390. The second-order valence-electron chi connectivity index (χ2n) is 5.50. The summed E-state index contributed by atoms with van der Waals surface area (Å²) in [6.45, 7) is 2.12. The fourth-order valence-electron chi connectivity index (χ4n) is 2.91. The topological polar surface area (TPSA) is 41.5 Å². The highest BCUT2D eigenvalue weighted by atomic mass is 16.5. The lowest BCUT2D eigenvalue weighted by atomic mass is 10.0. The number of hydrogen-bond acceptors (Lipinski definition) is 3. The number of methoxy groups -OCH3 is 1. The molecule has 1 aliphatic rings. The van der Waals surface area contributed by atoms with Gasteiger partial charge in [0.1, 0.15) is 11.5 Å². The average Bonchev–Trinajstić information content (AvgIpc) is 2.67. The van der Waals surface area contributed by atoms with E-state index in [1.807, 2.05) is 12.1 Å². The fraction of sp³-hybridized carbons (Fsp3) is 0.625. The molecule has 1 aromatic carbocycles. The van der Waals surface area contributed by atoms with Gasteiger partial charge in [0.05, 0.1) is 7.11 Å². The van der Waals surface area contributed by atoms with Crippen LogP contribution in [0.2, 0.25) is 0 Å². The lowest BCUT2D eigenvalue weighted by Crippen LogP contribution is -2.31. The Morgan fingerprint density at radius 3 is 2.47 bits per heavy atom. The van der Waals surface area contributed by atoms with Crippen LogP contribution in [-0.4, -0.2) is 18.3 Å². The van der Waals surface area contributed by atoms with Gasteiger partial charge in [0.25, 0.3) is 0 Å². The molecule has 1 aromatic rings. The van der Waals surface area contributed by atoms with Crippen LogP contribution in [0.25, 0.3) is 0 Å². The van der Waals surface area contributed by atoms with Crippen LogP contribution in [0.1, 0.15) is 57.1 Å². The first-order chi connectivity index (χ1) is 9.20. The van der Waals surface area contributed by atoms with Gasteiger partial charge in [-0.2, -0.15) is 0 Å². The summed E-state index contributed by atoms with van der Waals surface area (Å²) in [7, 11) is 1.61. The predicted octanol–water partition coefficient (Wildman–Crippen LogP) is 3.77. The number of phenolic OH excluding ortho intramolecular Hbond substituents is 1. The van der Waals surface area contributed by atoms with Gasteiger partial charge in [0, 0.05) is 23.7 Å². The van der Waals surface area contributed by atoms with Crippen molar-refractivity contribution in [1.82, 2.24) is 5.32 Å². The van der Waals surface area contributed by atoms with Gasteiger partial charge in [0.15, 0.2) is 0 Å². The van der Waals surface area contributed by atoms with Gasteiger partial charge in [-0.25, -0.2) is 0 Å². The van der Waals surface area contributed by atoms with Crippen LogP contribution in [-0.2, 0) is 0 Å². The zero-order valence-corrected chi connectivity index (χ0v) is 12.0. The van der Waals surface area contributed by atoms with E-state index >= 15 is 0 Å². The molecule has 0 saturated heterocycles. The number of hydrogen-bond donors (Lipinski definition) is 2. The van der Waals surface area contributed by atoms with Crippen molar-refractivity contribution in [2.75, 3.05) is 7.11 Å². The monoisotopic (exact) mass is 263 g/mol. The quantitative estimate of drug-likeness (QED) is 0.812. The molecule has 3 nitrogen and oxygen atoms in total. The van der Waals surface area contributed by atoms with E-state index in [0.29, 0.717) is 17.5 Å². The number of rotatable bonds is 4. The molecule has 106 valence electrons. The highest BCUT2D eigenvalue weighted by Crippen LogP contribution is 2.29. The van der Waals surface area contributed by atoms with E-state index in [1.54, 1.807) is 13.2 Å². The van der Waals surface area contributed by atoms with E-state index in [0.717, 1.165) is 5.56 Å². The Morgan fingerprint density at radius 2 is 1.89 bits per heavy atom. The molecule has 0 bridgehead atoms. The summed E-state index contributed by atoms with van der Waals surface area (Å²) in [5.41, 5.74) is 0.949. The maximum atomic E-state index is 10.1. The SMILES string of the molecule is COc1ccc(C(C)NC2CCCCCC2)c(O)c1. The largest absolute Gasteiger partial charge is 0.507 e. The molecular weight excluding hydrogens is 238 g/mol. The molecular formula is C16H25NO2. The molecule has 3 heteroatoms. The Bertz CT molecular complexity index is 398. The predicted molar refractivity (Wildman–Crippen MR) is 77.7 cm³/mol. The molecule has 19 heavy (non-hydrogen) atoms. The van der Waals surface area contributed by atoms with Crippen LogP contribution in [0.15, 0.2) is 18.2 Å². The molecule has 1 atom stereocenters. The maximum Gasteiger partial charge on any atom is 0.124 e. The summed E-state index contributed by atoms with van der Waals surface area (Å²) in [5, 5.41) is 13.7. The number of phenols is 1. The van der Waals surface area contributed by atoms with Crippen molar-refractivity contribution in [3.8, 4) is 11.5 Å². The Morgan fingerprint density at radius 1 is 1.21 bits per heavy atom. The third kappa shape index (κ3) is 3.87. The molecule has 0 spiro atoms. The van der Waals surface area contributed by atoms with Crippen molar-refractivity contribution in [3.63, 3.8) is 0 Å². The molecule has 2 N–H and O–H groups in total. The second-order valence-corrected chi connectivity index (χ2v) is 5.50. The molecule has 0 aromatic heterocycles. The highest BCUT2D eigenvalue weighted by Gasteiger charge is 2.17. The van der Waals surface area contributed by atoms with Crippen LogP contribution in [0.4, 0.5) is 0 Å². The standard InChI is InChI=1S/C16H25NO2/c1-12(17-13-7-5-3-4-6-8-13)15-10-9-14(19-2)11-16(15)18/h9-13,17-18H,3-8H2,1-2H3. The molecule has 0 aliphatic heterocycles. The van der Waals surface area contributed by atoms with Crippen LogP contribution in [0.5, 0.6) is 11.5 Å². The van der Waals surface area contributed by atoms with Gasteiger partial charge in [-0.15, -0.1) is 0 Å². The Hall–Kier alpha value is -1.22. The molecule has 1 unspecified atom stereocenters. The van der Waals surface area contributed by atoms with Gasteiger partial charge >= 0.3 is 0 Å². The second kappa shape index (κ2) is 6.80. The van der Waals surface area contributed by atoms with Crippen molar-refractivity contribution in [2.45, 2.75) is 57.5 Å². The molecule has 1 saturated carbocycles. The zero-order valence-electron chi connectivity index (χ0n) is 12.0. The number of aromatic hydroxyl groups is 1. The fourth-order valence-corrected chi connectivity index (χ4v) is 2.91. The summed E-state index contributed by atoms with van der Waals surface area (Å²) < 4.78 is 5.12. The van der Waals surface area contributed by atoms with Crippen LogP contribution >= 0.6 is 0 Å². The average molecular weight is 263 g/mol. The van der Waals surface area contributed by atoms with Crippen LogP contribution in [0.3, 0.4) is 0 Å². The number of nitrogens with one attached hydrogen (secondary N) is 1. The summed E-state index contributed by atoms with van der Waals surface area (Å²) in [6.07, 6.45) is 7.86. The molecule has 1 fully saturated rings. The Kier molecular flexibility index (Phi) is 5.08. The van der Waals surface area contributed by atoms with E-state index in [2.05, 4.69) is 12.2 Å². The molecule has 1 aliphatic carbocycles. The normalized spacial score (nSPS) is 18.8. The van der Waals surface area contributed by atoms with Crippen molar-refractivity contribution >= 4 is 0 Å². The summed E-state index contributed by atoms with van der Waals surface area (Å²) in [5.74, 6) is 1.01. The first-order valence-corrected chi connectivity index (χ1v) is 7.33. The van der Waals surface area contributed by atoms with Crippen molar-refractivity contribution < 1.29 is 9.84 Å². The summed E-state index contributed by atoms with van der Waals surface area (Å²) in [4.78, 5) is 0. The van der Waals surface area contributed by atoms with Gasteiger partial charge < -0.3 is 15.2 Å². The first kappa shape index (κ1) is 14.2. The highest BCUT2D eigenvalue weighted by molar-refractivity contribution is 5.41. The third-order valence-electron chi connectivity index (χ3n) is 4.04. The van der Waals surface area contributed by atoms with Crippen LogP contribution < -0.4 is 10.1 Å². The molecule has 0 radical (unpaired) electrons. The van der Waals surface area contributed by atoms with E-state index in [4.69, 9.17) is 4.74 Å². The van der Waals surface area contributed by atoms with Crippen molar-refractivity contribution in [1.29, 1.82) is 0 Å². The van der Waals surface area contributed by atoms with Gasteiger partial charge in [-0.1, -0.05) is 31.7 Å². The minimum Gasteiger partial charge on any atom is -0.507 e. The van der Waals surface area contributed by atoms with E-state index in [1.165, 1.54) is 38.5 Å². The smallest absolute Gasteiger partial charge is 0.124 e. The Balaban J connectivity index is 2.00. The third-order valence-corrected chi connectivity index (χ3v) is 4.04. The van der Waals surface area contributed by atoms with Crippen molar-refractivity contribution in [2.24, 2.45) is 0 Å². The molecule has 0 heterocycles. The minimum absolute atomic E-state index is 0.175. The van der Waals surface area contributed by atoms with E-state index in [9.17, 15) is 5.11 Å². The maximum absolute atomic E-state index is 10.1. The first-order valence-electron chi connectivity index (χ1n) is 7.33. The molecule has 2 rings (SSSR count). The number of benzene rings is 1.